The second kappa shape index (κ2) is 7.62. The maximum Gasteiger partial charge on any atom is 0.332 e. The molecule has 6 heteroatoms. The predicted molar refractivity (Wildman–Crippen MR) is 74.4 cm³/mol. The number of benzene rings is 1. The van der Waals surface area contributed by atoms with Crippen LogP contribution >= 0.6 is 0 Å². The lowest BCUT2D eigenvalue weighted by atomic mass is 10.1. The summed E-state index contributed by atoms with van der Waals surface area (Å²) in [7, 11) is 3.93. The summed E-state index contributed by atoms with van der Waals surface area (Å²) in [5.74, 6) is -1.56. The van der Waals surface area contributed by atoms with E-state index in [1.54, 1.807) is 12.1 Å². The van der Waals surface area contributed by atoms with Gasteiger partial charge in [0.1, 0.15) is 0 Å². The van der Waals surface area contributed by atoms with Crippen LogP contribution in [-0.4, -0.2) is 53.7 Å². The van der Waals surface area contributed by atoms with Crippen LogP contribution in [0, 0.1) is 0 Å². The number of aliphatic hydroxyl groups is 1. The minimum absolute atomic E-state index is 0.0141. The smallest absolute Gasteiger partial charge is 0.332 e. The molecule has 0 radical (unpaired) electrons. The molecule has 1 amide bonds. The van der Waals surface area contributed by atoms with Gasteiger partial charge in [-0.25, -0.2) is 4.79 Å². The van der Waals surface area contributed by atoms with Crippen molar-refractivity contribution in [3.8, 4) is 0 Å². The fraction of sp³-hybridized carbons (Fsp3) is 0.429. The second-order valence-corrected chi connectivity index (χ2v) is 4.83. The fourth-order valence-electron chi connectivity index (χ4n) is 1.67. The number of amides is 1. The van der Waals surface area contributed by atoms with E-state index in [1.807, 2.05) is 31.1 Å². The fourth-order valence-corrected chi connectivity index (χ4v) is 1.67. The van der Waals surface area contributed by atoms with Crippen molar-refractivity contribution in [1.82, 2.24) is 10.2 Å². The van der Waals surface area contributed by atoms with Gasteiger partial charge in [0.25, 0.3) is 5.91 Å². The van der Waals surface area contributed by atoms with Crippen LogP contribution in [0.1, 0.15) is 22.3 Å². The molecule has 0 fully saturated rings. The highest BCUT2D eigenvalue weighted by Gasteiger charge is 2.13. The molecule has 0 saturated heterocycles. The molecule has 1 aromatic rings. The van der Waals surface area contributed by atoms with Gasteiger partial charge in [0.2, 0.25) is 0 Å². The van der Waals surface area contributed by atoms with Crippen molar-refractivity contribution in [2.75, 3.05) is 20.6 Å². The Morgan fingerprint density at radius 2 is 1.85 bits per heavy atom. The molecule has 0 aliphatic carbocycles. The van der Waals surface area contributed by atoms with Crippen molar-refractivity contribution in [3.63, 3.8) is 0 Å². The van der Waals surface area contributed by atoms with Crippen molar-refractivity contribution in [2.24, 2.45) is 0 Å². The largest absolute Gasteiger partial charge is 0.479 e. The van der Waals surface area contributed by atoms with Gasteiger partial charge in [-0.2, -0.15) is 0 Å². The van der Waals surface area contributed by atoms with Crippen molar-refractivity contribution < 1.29 is 19.8 Å². The van der Waals surface area contributed by atoms with Gasteiger partial charge in [-0.15, -0.1) is 0 Å². The Hall–Kier alpha value is -1.92. The van der Waals surface area contributed by atoms with Crippen molar-refractivity contribution in [1.29, 1.82) is 0 Å². The van der Waals surface area contributed by atoms with E-state index in [-0.39, 0.29) is 18.9 Å². The van der Waals surface area contributed by atoms with E-state index in [0.717, 1.165) is 12.1 Å². The summed E-state index contributed by atoms with van der Waals surface area (Å²) in [6.45, 7) is 0.915. The second-order valence-electron chi connectivity index (χ2n) is 4.83. The molecular weight excluding hydrogens is 260 g/mol. The Morgan fingerprint density at radius 1 is 1.25 bits per heavy atom. The van der Waals surface area contributed by atoms with Gasteiger partial charge < -0.3 is 20.4 Å². The standard InChI is InChI=1S/C14H20N2O4/c1-16(2)9-10-3-5-11(6-4-10)13(18)15-8-7-12(17)14(19)20/h3-6,12,17H,7-9H2,1-2H3,(H,15,18)(H,19,20). The highest BCUT2D eigenvalue weighted by atomic mass is 16.4. The number of carboxylic acid groups (broad SMARTS) is 1. The number of carbonyl (C=O) groups excluding carboxylic acids is 1. The highest BCUT2D eigenvalue weighted by molar-refractivity contribution is 5.94. The summed E-state index contributed by atoms with van der Waals surface area (Å²) >= 11 is 0. The number of carbonyl (C=O) groups is 2. The Labute approximate surface area is 118 Å². The number of carboxylic acids is 1. The molecule has 0 bridgehead atoms. The molecule has 1 atom stereocenters. The van der Waals surface area contributed by atoms with Crippen LogP contribution in [0.15, 0.2) is 24.3 Å². The first-order chi connectivity index (χ1) is 9.40. The Kier molecular flexibility index (Phi) is 6.14. The molecule has 20 heavy (non-hydrogen) atoms. The summed E-state index contributed by atoms with van der Waals surface area (Å²) in [6.07, 6.45) is -1.46. The summed E-state index contributed by atoms with van der Waals surface area (Å²) in [5, 5.41) is 20.1. The van der Waals surface area contributed by atoms with Gasteiger partial charge in [0, 0.05) is 25.1 Å². The van der Waals surface area contributed by atoms with Gasteiger partial charge >= 0.3 is 5.97 Å². The van der Waals surface area contributed by atoms with E-state index in [1.165, 1.54) is 0 Å². The summed E-state index contributed by atoms with van der Waals surface area (Å²) in [6, 6.07) is 7.20. The maximum absolute atomic E-state index is 11.8. The number of rotatable bonds is 7. The third-order valence-electron chi connectivity index (χ3n) is 2.70. The van der Waals surface area contributed by atoms with E-state index >= 15 is 0 Å². The number of nitrogens with one attached hydrogen (secondary N) is 1. The molecule has 0 aliphatic heterocycles. The molecule has 6 nitrogen and oxygen atoms in total. The first-order valence-corrected chi connectivity index (χ1v) is 6.33. The third-order valence-corrected chi connectivity index (χ3v) is 2.70. The SMILES string of the molecule is CN(C)Cc1ccc(C(=O)NCCC(O)C(=O)O)cc1. The van der Waals surface area contributed by atoms with Crippen molar-refractivity contribution in [3.05, 3.63) is 35.4 Å². The summed E-state index contributed by atoms with van der Waals surface area (Å²) in [5.41, 5.74) is 1.62. The molecular formula is C14H20N2O4. The lowest BCUT2D eigenvalue weighted by Crippen LogP contribution is -2.30. The third kappa shape index (κ3) is 5.38. The molecule has 0 spiro atoms. The Balaban J connectivity index is 2.45. The van der Waals surface area contributed by atoms with Crippen molar-refractivity contribution >= 4 is 11.9 Å². The van der Waals surface area contributed by atoms with Gasteiger partial charge in [0.15, 0.2) is 6.10 Å². The highest BCUT2D eigenvalue weighted by Crippen LogP contribution is 2.06. The zero-order chi connectivity index (χ0) is 15.1. The lowest BCUT2D eigenvalue weighted by molar-refractivity contribution is -0.146. The number of aliphatic carboxylic acids is 1. The molecule has 1 aromatic carbocycles. The number of hydrogen-bond acceptors (Lipinski definition) is 4. The van der Waals surface area contributed by atoms with Gasteiger partial charge in [-0.05, 0) is 31.8 Å². The lowest BCUT2D eigenvalue weighted by Gasteiger charge is -2.10. The average molecular weight is 280 g/mol. The molecule has 3 N–H and O–H groups in total. The molecule has 0 heterocycles. The number of nitrogens with zero attached hydrogens (tertiary/aromatic N) is 1. The minimum atomic E-state index is -1.45. The van der Waals surface area contributed by atoms with E-state index in [4.69, 9.17) is 10.2 Å². The molecule has 1 rings (SSSR count). The molecule has 0 aliphatic rings. The Morgan fingerprint density at radius 3 is 2.35 bits per heavy atom. The average Bonchev–Trinajstić information content (AvgIpc) is 2.38. The normalized spacial score (nSPS) is 12.2. The van der Waals surface area contributed by atoms with Crippen LogP contribution in [0.4, 0.5) is 0 Å². The van der Waals surface area contributed by atoms with Gasteiger partial charge in [-0.1, -0.05) is 12.1 Å². The topological polar surface area (TPSA) is 89.9 Å². The van der Waals surface area contributed by atoms with Crippen LogP contribution in [0.3, 0.4) is 0 Å². The number of aliphatic hydroxyl groups excluding tert-OH is 1. The molecule has 110 valence electrons. The van der Waals surface area contributed by atoms with Crippen LogP contribution < -0.4 is 5.32 Å². The summed E-state index contributed by atoms with van der Waals surface area (Å²) in [4.78, 5) is 24.2. The first-order valence-electron chi connectivity index (χ1n) is 6.33. The van der Waals surface area contributed by atoms with E-state index in [9.17, 15) is 9.59 Å². The van der Waals surface area contributed by atoms with Crippen LogP contribution in [0.2, 0.25) is 0 Å². The predicted octanol–water partition coefficient (Wildman–Crippen LogP) is 0.314. The first kappa shape index (κ1) is 16.1. The maximum atomic E-state index is 11.8. The molecule has 1 unspecified atom stereocenters. The van der Waals surface area contributed by atoms with E-state index in [2.05, 4.69) is 5.32 Å². The van der Waals surface area contributed by atoms with Crippen LogP contribution in [0.5, 0.6) is 0 Å². The monoisotopic (exact) mass is 280 g/mol. The summed E-state index contributed by atoms with van der Waals surface area (Å²) < 4.78 is 0. The van der Waals surface area contributed by atoms with E-state index < -0.39 is 12.1 Å². The minimum Gasteiger partial charge on any atom is -0.479 e. The van der Waals surface area contributed by atoms with Gasteiger partial charge in [0.05, 0.1) is 0 Å². The molecule has 0 aromatic heterocycles. The zero-order valence-electron chi connectivity index (χ0n) is 11.7. The molecule has 0 saturated carbocycles. The Bertz CT molecular complexity index is 457. The van der Waals surface area contributed by atoms with Gasteiger partial charge in [-0.3, -0.25) is 4.79 Å². The quantitative estimate of drug-likeness (QED) is 0.669. The zero-order valence-corrected chi connectivity index (χ0v) is 11.7. The van der Waals surface area contributed by atoms with Crippen LogP contribution in [-0.2, 0) is 11.3 Å². The van der Waals surface area contributed by atoms with Crippen molar-refractivity contribution in [2.45, 2.75) is 19.1 Å². The van der Waals surface area contributed by atoms with Crippen LogP contribution in [0.25, 0.3) is 0 Å². The number of hydrogen-bond donors (Lipinski definition) is 3. The van der Waals surface area contributed by atoms with E-state index in [0.29, 0.717) is 5.56 Å².